The van der Waals surface area contributed by atoms with Crippen LogP contribution in [0.2, 0.25) is 0 Å². The van der Waals surface area contributed by atoms with Crippen molar-refractivity contribution in [2.45, 2.75) is 38.8 Å². The number of thiophene rings is 1. The minimum Gasteiger partial charge on any atom is -0.397 e. The van der Waals surface area contributed by atoms with Crippen LogP contribution in [0.25, 0.3) is 0 Å². The second-order valence-corrected chi connectivity index (χ2v) is 6.76. The number of nitrogens with zero attached hydrogens (tertiary/aromatic N) is 1. The highest BCUT2D eigenvalue weighted by molar-refractivity contribution is 7.12. The van der Waals surface area contributed by atoms with E-state index in [1.54, 1.807) is 17.4 Å². The Bertz CT molecular complexity index is 639. The number of nitrogens with one attached hydrogen (secondary N) is 1. The van der Waals surface area contributed by atoms with Gasteiger partial charge in [-0.3, -0.25) is 4.79 Å². The molecule has 0 bridgehead atoms. The molecule has 20 heavy (non-hydrogen) atoms. The molecule has 1 amide bonds. The minimum atomic E-state index is -0.0489. The van der Waals surface area contributed by atoms with E-state index in [0.29, 0.717) is 17.4 Å². The molecule has 1 saturated carbocycles. The van der Waals surface area contributed by atoms with Gasteiger partial charge in [0.05, 0.1) is 11.7 Å². The second kappa shape index (κ2) is 4.98. The van der Waals surface area contributed by atoms with E-state index in [4.69, 9.17) is 5.73 Å². The van der Waals surface area contributed by atoms with E-state index in [9.17, 15) is 4.79 Å². The van der Waals surface area contributed by atoms with Gasteiger partial charge in [-0.2, -0.15) is 0 Å². The fourth-order valence-electron chi connectivity index (χ4n) is 2.37. The fraction of sp³-hybridized carbons (Fsp3) is 0.400. The van der Waals surface area contributed by atoms with Crippen molar-refractivity contribution in [3.63, 3.8) is 0 Å². The molecule has 106 valence electrons. The molecule has 0 spiro atoms. The van der Waals surface area contributed by atoms with Crippen molar-refractivity contribution in [3.05, 3.63) is 39.8 Å². The Hall–Kier alpha value is -1.75. The molecular weight excluding hydrogens is 270 g/mol. The monoisotopic (exact) mass is 289 g/mol. The summed E-state index contributed by atoms with van der Waals surface area (Å²) in [5, 5.41) is 3.06. The topological polar surface area (TPSA) is 60.1 Å². The zero-order valence-corrected chi connectivity index (χ0v) is 12.5. The van der Waals surface area contributed by atoms with E-state index >= 15 is 0 Å². The van der Waals surface area contributed by atoms with Crippen LogP contribution in [0.15, 0.2) is 24.4 Å². The summed E-state index contributed by atoms with van der Waals surface area (Å²) in [6, 6.07) is 6.38. The van der Waals surface area contributed by atoms with Crippen molar-refractivity contribution in [2.75, 3.05) is 5.73 Å². The number of amides is 1. The number of aryl methyl sites for hydroxylation is 1. The standard InChI is InChI=1S/C15H19N3OS/c1-9-3-6-14(20-9)10(2)17-15(19)13-7-11(16)8-18(13)12-4-5-12/h3,6-8,10,12H,4-5,16H2,1-2H3,(H,17,19). The molecule has 0 saturated heterocycles. The van der Waals surface area contributed by atoms with Crippen LogP contribution in [-0.2, 0) is 0 Å². The van der Waals surface area contributed by atoms with Crippen molar-refractivity contribution >= 4 is 22.9 Å². The third-order valence-corrected chi connectivity index (χ3v) is 4.76. The van der Waals surface area contributed by atoms with Crippen LogP contribution in [0.5, 0.6) is 0 Å². The third kappa shape index (κ3) is 2.58. The molecule has 1 fully saturated rings. The summed E-state index contributed by atoms with van der Waals surface area (Å²) in [7, 11) is 0. The molecule has 1 aliphatic rings. The Kier molecular flexibility index (Phi) is 3.30. The molecule has 2 aromatic rings. The second-order valence-electron chi connectivity index (χ2n) is 5.44. The highest BCUT2D eigenvalue weighted by Gasteiger charge is 2.28. The van der Waals surface area contributed by atoms with Crippen molar-refractivity contribution in [2.24, 2.45) is 0 Å². The van der Waals surface area contributed by atoms with Gasteiger partial charge in [-0.25, -0.2) is 0 Å². The summed E-state index contributed by atoms with van der Waals surface area (Å²) in [5.41, 5.74) is 7.16. The smallest absolute Gasteiger partial charge is 0.268 e. The van der Waals surface area contributed by atoms with Crippen molar-refractivity contribution in [1.29, 1.82) is 0 Å². The van der Waals surface area contributed by atoms with Crippen LogP contribution in [0, 0.1) is 6.92 Å². The quantitative estimate of drug-likeness (QED) is 0.907. The molecular formula is C15H19N3OS. The normalized spacial score (nSPS) is 16.1. The van der Waals surface area contributed by atoms with Gasteiger partial charge in [0.1, 0.15) is 5.69 Å². The number of carbonyl (C=O) groups is 1. The van der Waals surface area contributed by atoms with E-state index < -0.39 is 0 Å². The van der Waals surface area contributed by atoms with Gasteiger partial charge in [0, 0.05) is 22.0 Å². The van der Waals surface area contributed by atoms with Crippen LogP contribution in [0.4, 0.5) is 5.69 Å². The van der Waals surface area contributed by atoms with Crippen molar-refractivity contribution in [3.8, 4) is 0 Å². The number of hydrogen-bond donors (Lipinski definition) is 2. The highest BCUT2D eigenvalue weighted by atomic mass is 32.1. The summed E-state index contributed by atoms with van der Waals surface area (Å²) in [5.74, 6) is -0.0489. The van der Waals surface area contributed by atoms with Gasteiger partial charge in [-0.1, -0.05) is 0 Å². The largest absolute Gasteiger partial charge is 0.397 e. The van der Waals surface area contributed by atoms with Gasteiger partial charge >= 0.3 is 0 Å². The molecule has 3 rings (SSSR count). The minimum absolute atomic E-state index is 0.0185. The SMILES string of the molecule is Cc1ccc(C(C)NC(=O)c2cc(N)cn2C2CC2)s1. The molecule has 3 N–H and O–H groups in total. The lowest BCUT2D eigenvalue weighted by molar-refractivity contribution is 0.0931. The molecule has 2 heterocycles. The number of aromatic nitrogens is 1. The zero-order valence-electron chi connectivity index (χ0n) is 11.7. The summed E-state index contributed by atoms with van der Waals surface area (Å²) >= 11 is 1.71. The Balaban J connectivity index is 1.76. The van der Waals surface area contributed by atoms with Crippen molar-refractivity contribution < 1.29 is 4.79 Å². The van der Waals surface area contributed by atoms with Crippen LogP contribution in [0.1, 0.15) is 52.1 Å². The number of hydrogen-bond acceptors (Lipinski definition) is 3. The zero-order chi connectivity index (χ0) is 14.3. The summed E-state index contributed by atoms with van der Waals surface area (Å²) in [6.45, 7) is 4.08. The molecule has 1 unspecified atom stereocenters. The summed E-state index contributed by atoms with van der Waals surface area (Å²) in [6.07, 6.45) is 4.13. The number of carbonyl (C=O) groups excluding carboxylic acids is 1. The van der Waals surface area contributed by atoms with Gasteiger partial charge in [-0.05, 0) is 44.9 Å². The van der Waals surface area contributed by atoms with Crippen molar-refractivity contribution in [1.82, 2.24) is 9.88 Å². The lowest BCUT2D eigenvalue weighted by Crippen LogP contribution is -2.28. The lowest BCUT2D eigenvalue weighted by Gasteiger charge is -2.13. The molecule has 5 heteroatoms. The van der Waals surface area contributed by atoms with E-state index in [-0.39, 0.29) is 11.9 Å². The number of rotatable bonds is 4. The number of nitrogen functional groups attached to an aromatic ring is 1. The average Bonchev–Trinajstić information content (AvgIpc) is 3.03. The fourth-order valence-corrected chi connectivity index (χ4v) is 3.24. The Morgan fingerprint density at radius 2 is 2.25 bits per heavy atom. The first-order chi connectivity index (χ1) is 9.54. The average molecular weight is 289 g/mol. The van der Waals surface area contributed by atoms with Crippen LogP contribution in [-0.4, -0.2) is 10.5 Å². The van der Waals surface area contributed by atoms with Gasteiger partial charge in [0.15, 0.2) is 0 Å². The molecule has 1 aliphatic carbocycles. The lowest BCUT2D eigenvalue weighted by atomic mass is 10.2. The molecule has 0 aromatic carbocycles. The maximum absolute atomic E-state index is 12.4. The first-order valence-electron chi connectivity index (χ1n) is 6.89. The molecule has 4 nitrogen and oxygen atoms in total. The van der Waals surface area contributed by atoms with Gasteiger partial charge < -0.3 is 15.6 Å². The van der Waals surface area contributed by atoms with Crippen LogP contribution in [0.3, 0.4) is 0 Å². The molecule has 1 atom stereocenters. The van der Waals surface area contributed by atoms with Gasteiger partial charge in [0.25, 0.3) is 5.91 Å². The maximum Gasteiger partial charge on any atom is 0.268 e. The summed E-state index contributed by atoms with van der Waals surface area (Å²) in [4.78, 5) is 14.8. The van der Waals surface area contributed by atoms with Crippen LogP contribution >= 0.6 is 11.3 Å². The van der Waals surface area contributed by atoms with Gasteiger partial charge in [0.2, 0.25) is 0 Å². The van der Waals surface area contributed by atoms with E-state index in [0.717, 1.165) is 12.8 Å². The number of anilines is 1. The predicted octanol–water partition coefficient (Wildman–Crippen LogP) is 3.27. The van der Waals surface area contributed by atoms with Gasteiger partial charge in [-0.15, -0.1) is 11.3 Å². The number of nitrogens with two attached hydrogens (primary N) is 1. The summed E-state index contributed by atoms with van der Waals surface area (Å²) < 4.78 is 2.01. The van der Waals surface area contributed by atoms with E-state index in [1.807, 2.05) is 17.7 Å². The predicted molar refractivity (Wildman–Crippen MR) is 82.1 cm³/mol. The Morgan fingerprint density at radius 1 is 1.50 bits per heavy atom. The van der Waals surface area contributed by atoms with E-state index in [1.165, 1.54) is 9.75 Å². The molecule has 2 aromatic heterocycles. The Labute approximate surface area is 122 Å². The van der Waals surface area contributed by atoms with Crippen LogP contribution < -0.4 is 11.1 Å². The highest BCUT2D eigenvalue weighted by Crippen LogP contribution is 2.37. The molecule has 0 aliphatic heterocycles. The Morgan fingerprint density at radius 3 is 2.85 bits per heavy atom. The first-order valence-corrected chi connectivity index (χ1v) is 7.71. The first kappa shape index (κ1) is 13.2. The molecule has 0 radical (unpaired) electrons. The van der Waals surface area contributed by atoms with E-state index in [2.05, 4.69) is 24.4 Å². The third-order valence-electron chi connectivity index (χ3n) is 3.58. The maximum atomic E-state index is 12.4.